The van der Waals surface area contributed by atoms with Gasteiger partial charge < -0.3 is 71.7 Å². The summed E-state index contributed by atoms with van der Waals surface area (Å²) >= 11 is 0. The molecule has 0 aromatic rings. The molecule has 3 atom stereocenters. The Morgan fingerprint density at radius 1 is 0.362 bits per heavy atom. The highest BCUT2D eigenvalue weighted by Gasteiger charge is 2.26. The van der Waals surface area contributed by atoms with Gasteiger partial charge in [-0.05, 0) is 32.1 Å². The summed E-state index contributed by atoms with van der Waals surface area (Å²) in [6, 6.07) is -4.42. The molecule has 24 heteroatoms. The van der Waals surface area contributed by atoms with Crippen molar-refractivity contribution in [3.63, 3.8) is 0 Å². The van der Waals surface area contributed by atoms with Crippen LogP contribution >= 0.6 is 0 Å². The minimum atomic E-state index is -1.56. The molecule has 0 heterocycles. The molecule has 0 aromatic carbocycles. The van der Waals surface area contributed by atoms with E-state index in [9.17, 15) is 63.3 Å². The van der Waals surface area contributed by atoms with Crippen molar-refractivity contribution in [3.05, 3.63) is 0 Å². The quantitative estimate of drug-likeness (QED) is 0.0382. The molecule has 69 heavy (non-hydrogen) atoms. The van der Waals surface area contributed by atoms with Gasteiger partial charge in [-0.25, -0.2) is 14.4 Å². The third kappa shape index (κ3) is 41.3. The maximum atomic E-state index is 12.6. The fraction of sp³-hybridized carbons (Fsp3) is 0.778. The van der Waals surface area contributed by atoms with E-state index in [0.29, 0.717) is 6.42 Å². The van der Waals surface area contributed by atoms with Gasteiger partial charge >= 0.3 is 23.9 Å². The maximum Gasteiger partial charge on any atom is 0.326 e. The number of nitrogens with two attached hydrogens (primary N) is 1. The summed E-state index contributed by atoms with van der Waals surface area (Å²) in [7, 11) is 0. The van der Waals surface area contributed by atoms with Crippen LogP contribution in [0.15, 0.2) is 0 Å². The molecule has 0 bridgehead atoms. The summed E-state index contributed by atoms with van der Waals surface area (Å²) in [5, 5.41) is 49.4. The van der Waals surface area contributed by atoms with Crippen molar-refractivity contribution in [2.24, 2.45) is 5.73 Å². The van der Waals surface area contributed by atoms with E-state index in [4.69, 9.17) is 29.8 Å². The molecule has 0 aliphatic heterocycles. The number of aliphatic carboxylic acids is 4. The number of rotatable bonds is 48. The van der Waals surface area contributed by atoms with Gasteiger partial charge in [0.05, 0.1) is 39.6 Å². The van der Waals surface area contributed by atoms with E-state index < -0.39 is 90.8 Å². The zero-order chi connectivity index (χ0) is 51.5. The Balaban J connectivity index is 4.24. The van der Waals surface area contributed by atoms with Gasteiger partial charge in [0.15, 0.2) is 0 Å². The largest absolute Gasteiger partial charge is 0.481 e. The minimum Gasteiger partial charge on any atom is -0.481 e. The fourth-order valence-electron chi connectivity index (χ4n) is 6.52. The van der Waals surface area contributed by atoms with Crippen molar-refractivity contribution in [3.8, 4) is 0 Å². The summed E-state index contributed by atoms with van der Waals surface area (Å²) in [5.41, 5.74) is 4.94. The first-order valence-corrected chi connectivity index (χ1v) is 23.9. The summed E-state index contributed by atoms with van der Waals surface area (Å²) in [6.45, 7) is 0.847. The predicted octanol–water partition coefficient (Wildman–Crippen LogP) is 1.15. The second-order valence-electron chi connectivity index (χ2n) is 16.3. The second-order valence-corrected chi connectivity index (χ2v) is 16.3. The van der Waals surface area contributed by atoms with E-state index in [0.717, 1.165) is 57.8 Å². The van der Waals surface area contributed by atoms with E-state index in [1.807, 2.05) is 0 Å². The van der Waals surface area contributed by atoms with Gasteiger partial charge in [-0.3, -0.25) is 33.6 Å². The third-order valence-electron chi connectivity index (χ3n) is 10.3. The SMILES string of the molecule is NC(=O)COCCOCCNC(=O)COCCOCCNC(=O)CC[C@H](NC(=O)CC[C@H](NC(=O)CC[C@H](NC(=O)CCCCCCCCCCCCCCCCC(=O)O)C(=O)O)C(=O)O)C(=O)O. The molecule has 0 spiro atoms. The Kier molecular flexibility index (Phi) is 39.3. The molecule has 0 saturated heterocycles. The van der Waals surface area contributed by atoms with Crippen LogP contribution < -0.4 is 32.3 Å². The lowest BCUT2D eigenvalue weighted by Crippen LogP contribution is -2.45. The molecule has 0 unspecified atom stereocenters. The number of carboxylic acid groups (broad SMARTS) is 4. The number of carbonyl (C=O) groups excluding carboxylic acids is 6. The van der Waals surface area contributed by atoms with Crippen molar-refractivity contribution >= 4 is 59.3 Å². The molecule has 0 fully saturated rings. The number of amides is 6. The smallest absolute Gasteiger partial charge is 0.326 e. The number of nitrogens with one attached hydrogen (secondary N) is 5. The molecule has 0 rings (SSSR count). The molecule has 11 N–H and O–H groups in total. The monoisotopic (exact) mass is 991 g/mol. The lowest BCUT2D eigenvalue weighted by Gasteiger charge is -2.18. The molecule has 0 aliphatic rings. The van der Waals surface area contributed by atoms with Crippen molar-refractivity contribution in [2.75, 3.05) is 65.9 Å². The highest BCUT2D eigenvalue weighted by Crippen LogP contribution is 2.14. The van der Waals surface area contributed by atoms with Crippen molar-refractivity contribution in [1.29, 1.82) is 0 Å². The van der Waals surface area contributed by atoms with Gasteiger partial charge in [0.2, 0.25) is 35.4 Å². The van der Waals surface area contributed by atoms with Gasteiger partial charge in [-0.15, -0.1) is 0 Å². The predicted molar refractivity (Wildman–Crippen MR) is 246 cm³/mol. The molecule has 396 valence electrons. The first kappa shape index (κ1) is 63.5. The lowest BCUT2D eigenvalue weighted by atomic mass is 10.0. The van der Waals surface area contributed by atoms with E-state index in [1.165, 1.54) is 25.7 Å². The van der Waals surface area contributed by atoms with E-state index in [-0.39, 0.29) is 104 Å². The number of unbranched alkanes of at least 4 members (excludes halogenated alkanes) is 13. The molecule has 0 saturated carbocycles. The van der Waals surface area contributed by atoms with Crippen LogP contribution in [0.1, 0.15) is 141 Å². The van der Waals surface area contributed by atoms with Gasteiger partial charge in [0, 0.05) is 45.2 Å². The van der Waals surface area contributed by atoms with E-state index in [1.54, 1.807) is 0 Å². The number of ether oxygens (including phenoxy) is 4. The molecular formula is C45H78N6O18. The van der Waals surface area contributed by atoms with Gasteiger partial charge in [0.1, 0.15) is 31.3 Å². The molecular weight excluding hydrogens is 913 g/mol. The van der Waals surface area contributed by atoms with Gasteiger partial charge in [-0.2, -0.15) is 0 Å². The topological polar surface area (TPSA) is 375 Å². The molecule has 0 aromatic heterocycles. The van der Waals surface area contributed by atoms with Crippen LogP contribution in [-0.2, 0) is 66.9 Å². The van der Waals surface area contributed by atoms with E-state index >= 15 is 0 Å². The number of hydrogen-bond acceptors (Lipinski definition) is 14. The van der Waals surface area contributed by atoms with Crippen LogP contribution in [0.25, 0.3) is 0 Å². The molecule has 0 radical (unpaired) electrons. The maximum absolute atomic E-state index is 12.6. The first-order chi connectivity index (χ1) is 33.0. The van der Waals surface area contributed by atoms with Gasteiger partial charge in [0.25, 0.3) is 0 Å². The number of hydrogen-bond donors (Lipinski definition) is 10. The normalized spacial score (nSPS) is 12.2. The highest BCUT2D eigenvalue weighted by atomic mass is 16.5. The zero-order valence-electron chi connectivity index (χ0n) is 39.9. The summed E-state index contributed by atoms with van der Waals surface area (Å²) in [5.74, 6) is -8.65. The van der Waals surface area contributed by atoms with Crippen molar-refractivity contribution in [1.82, 2.24) is 26.6 Å². The summed E-state index contributed by atoms with van der Waals surface area (Å²) < 4.78 is 20.7. The Hall–Kier alpha value is -5.46. The van der Waals surface area contributed by atoms with Gasteiger partial charge in [-0.1, -0.05) is 77.0 Å². The van der Waals surface area contributed by atoms with Crippen LogP contribution in [0.3, 0.4) is 0 Å². The van der Waals surface area contributed by atoms with Crippen LogP contribution in [0.5, 0.6) is 0 Å². The average Bonchev–Trinajstić information content (AvgIpc) is 3.28. The minimum absolute atomic E-state index is 0.0803. The molecule has 24 nitrogen and oxygen atoms in total. The summed E-state index contributed by atoms with van der Waals surface area (Å²) in [4.78, 5) is 118. The average molecular weight is 991 g/mol. The second kappa shape index (κ2) is 42.6. The summed E-state index contributed by atoms with van der Waals surface area (Å²) in [6.07, 6.45) is 12.3. The molecule has 0 aliphatic carbocycles. The van der Waals surface area contributed by atoms with Crippen LogP contribution in [-0.4, -0.2) is 164 Å². The Bertz CT molecular complexity index is 1540. The van der Waals surface area contributed by atoms with Crippen LogP contribution in [0.2, 0.25) is 0 Å². The Morgan fingerprint density at radius 3 is 1.06 bits per heavy atom. The third-order valence-corrected chi connectivity index (χ3v) is 10.3. The zero-order valence-corrected chi connectivity index (χ0v) is 39.9. The Morgan fingerprint density at radius 2 is 0.681 bits per heavy atom. The first-order valence-electron chi connectivity index (χ1n) is 23.9. The van der Waals surface area contributed by atoms with Crippen molar-refractivity contribution in [2.45, 2.75) is 159 Å². The number of primary amides is 1. The standard InChI is InChI=1S/C45H78N6O18/c46-36(52)31-68-29-27-67-26-24-48-41(57)32-69-30-28-66-25-23-47-37(53)20-17-33(43(60)61)50-39(55)22-19-35(45(64)65)51-40(56)21-18-34(44(62)63)49-38(54)15-13-11-9-7-5-3-1-2-4-6-8-10-12-14-16-42(58)59/h33-35H,1-32H2,(H2,46,52)(H,47,53)(H,48,57)(H,49,54)(H,50,55)(H,51,56)(H,58,59)(H,60,61)(H,62,63)(H,64,65)/t33-,34-,35-/m0/s1. The number of carbonyl (C=O) groups is 10. The Labute approximate surface area is 403 Å². The highest BCUT2D eigenvalue weighted by molar-refractivity contribution is 5.87. The molecule has 6 amide bonds. The van der Waals surface area contributed by atoms with Crippen molar-refractivity contribution < 1.29 is 87.3 Å². The lowest BCUT2D eigenvalue weighted by molar-refractivity contribution is -0.144. The number of carboxylic acids is 4. The fourth-order valence-corrected chi connectivity index (χ4v) is 6.52. The van der Waals surface area contributed by atoms with Crippen LogP contribution in [0, 0.1) is 0 Å². The van der Waals surface area contributed by atoms with Crippen LogP contribution in [0.4, 0.5) is 0 Å². The van der Waals surface area contributed by atoms with E-state index in [2.05, 4.69) is 26.6 Å².